The van der Waals surface area contributed by atoms with Crippen LogP contribution in [0.25, 0.3) is 22.5 Å². The van der Waals surface area contributed by atoms with Gasteiger partial charge in [-0.2, -0.15) is 5.10 Å². The molecule has 0 aliphatic carbocycles. The highest BCUT2D eigenvalue weighted by molar-refractivity contribution is 5.73. The minimum Gasteiger partial charge on any atom is -0.396 e. The Morgan fingerprint density at radius 1 is 1.13 bits per heavy atom. The molecule has 158 valence electrons. The normalized spacial score (nSPS) is 15.3. The number of nitrogens with one attached hydrogen (secondary N) is 1. The number of aliphatic hydroxyl groups is 1. The largest absolute Gasteiger partial charge is 0.396 e. The van der Waals surface area contributed by atoms with Crippen molar-refractivity contribution in [3.8, 4) is 22.5 Å². The molecule has 0 bridgehead atoms. The van der Waals surface area contributed by atoms with Gasteiger partial charge >= 0.3 is 0 Å². The SMILES string of the molecule is Cc1nnn2c1-c1ccc(-c3ccn(C)n3)cc1C(Nc1ccc(CCO)cc1)CC2. The second-order valence-electron chi connectivity index (χ2n) is 8.08. The van der Waals surface area contributed by atoms with Gasteiger partial charge in [-0.3, -0.25) is 4.68 Å². The number of nitrogens with zero attached hydrogens (tertiary/aromatic N) is 5. The van der Waals surface area contributed by atoms with Crippen molar-refractivity contribution in [3.05, 3.63) is 71.5 Å². The number of anilines is 1. The van der Waals surface area contributed by atoms with Crippen LogP contribution < -0.4 is 5.32 Å². The molecule has 0 fully saturated rings. The minimum atomic E-state index is 0.128. The van der Waals surface area contributed by atoms with Gasteiger partial charge in [-0.05, 0) is 55.2 Å². The van der Waals surface area contributed by atoms with Crippen LogP contribution in [0.1, 0.15) is 29.3 Å². The Bertz CT molecular complexity index is 1210. The molecule has 0 saturated heterocycles. The molecule has 0 radical (unpaired) electrons. The molecule has 0 saturated carbocycles. The summed E-state index contributed by atoms with van der Waals surface area (Å²) < 4.78 is 3.84. The first-order valence-electron chi connectivity index (χ1n) is 10.6. The summed E-state index contributed by atoms with van der Waals surface area (Å²) >= 11 is 0. The van der Waals surface area contributed by atoms with Crippen LogP contribution in [-0.4, -0.2) is 36.5 Å². The molecule has 5 rings (SSSR count). The highest BCUT2D eigenvalue weighted by Crippen LogP contribution is 2.38. The van der Waals surface area contributed by atoms with Gasteiger partial charge < -0.3 is 10.4 Å². The molecule has 31 heavy (non-hydrogen) atoms. The fourth-order valence-corrected chi connectivity index (χ4v) is 4.34. The zero-order valence-corrected chi connectivity index (χ0v) is 17.8. The number of fused-ring (bicyclic) bond motifs is 3. The van der Waals surface area contributed by atoms with Crippen molar-refractivity contribution < 1.29 is 5.11 Å². The fourth-order valence-electron chi connectivity index (χ4n) is 4.34. The van der Waals surface area contributed by atoms with Crippen LogP contribution in [-0.2, 0) is 20.0 Å². The molecule has 2 N–H and O–H groups in total. The quantitative estimate of drug-likeness (QED) is 0.520. The van der Waals surface area contributed by atoms with E-state index in [2.05, 4.69) is 63.2 Å². The Morgan fingerprint density at radius 2 is 1.97 bits per heavy atom. The first-order chi connectivity index (χ1) is 15.1. The number of aromatic nitrogens is 5. The molecule has 7 nitrogen and oxygen atoms in total. The Balaban J connectivity index is 1.56. The monoisotopic (exact) mass is 414 g/mol. The first-order valence-corrected chi connectivity index (χ1v) is 10.6. The average molecular weight is 415 g/mol. The smallest absolute Gasteiger partial charge is 0.0923 e. The molecule has 2 aromatic heterocycles. The predicted molar refractivity (Wildman–Crippen MR) is 121 cm³/mol. The number of hydrogen-bond acceptors (Lipinski definition) is 5. The second kappa shape index (κ2) is 8.00. The number of aliphatic hydroxyl groups excluding tert-OH is 1. The van der Waals surface area contributed by atoms with Gasteiger partial charge in [0, 0.05) is 43.2 Å². The molecule has 0 spiro atoms. The van der Waals surface area contributed by atoms with Crippen LogP contribution in [0.5, 0.6) is 0 Å². The van der Waals surface area contributed by atoms with Crippen molar-refractivity contribution in [1.29, 1.82) is 0 Å². The maximum Gasteiger partial charge on any atom is 0.0923 e. The Hall–Kier alpha value is -3.45. The summed E-state index contributed by atoms with van der Waals surface area (Å²) in [7, 11) is 1.94. The highest BCUT2D eigenvalue weighted by Gasteiger charge is 2.26. The van der Waals surface area contributed by atoms with E-state index in [0.717, 1.165) is 52.4 Å². The van der Waals surface area contributed by atoms with E-state index >= 15 is 0 Å². The third-order valence-electron chi connectivity index (χ3n) is 5.92. The van der Waals surface area contributed by atoms with Crippen LogP contribution in [0.3, 0.4) is 0 Å². The van der Waals surface area contributed by atoms with E-state index < -0.39 is 0 Å². The number of rotatable bonds is 5. The van der Waals surface area contributed by atoms with E-state index in [1.165, 1.54) is 5.56 Å². The lowest BCUT2D eigenvalue weighted by atomic mass is 9.93. The maximum absolute atomic E-state index is 9.16. The first kappa shape index (κ1) is 19.5. The van der Waals surface area contributed by atoms with E-state index in [-0.39, 0.29) is 12.6 Å². The molecular formula is C24H26N6O. The van der Waals surface area contributed by atoms with Crippen molar-refractivity contribution in [1.82, 2.24) is 24.8 Å². The second-order valence-corrected chi connectivity index (χ2v) is 8.08. The summed E-state index contributed by atoms with van der Waals surface area (Å²) in [5, 5.41) is 26.2. The van der Waals surface area contributed by atoms with Gasteiger partial charge in [-0.15, -0.1) is 5.10 Å². The van der Waals surface area contributed by atoms with Crippen LogP contribution in [0, 0.1) is 6.92 Å². The van der Waals surface area contributed by atoms with Gasteiger partial charge in [-0.1, -0.05) is 29.5 Å². The molecule has 2 aromatic carbocycles. The van der Waals surface area contributed by atoms with Crippen molar-refractivity contribution in [2.24, 2.45) is 7.05 Å². The van der Waals surface area contributed by atoms with Crippen molar-refractivity contribution in [2.45, 2.75) is 32.4 Å². The Morgan fingerprint density at radius 3 is 2.71 bits per heavy atom. The topological polar surface area (TPSA) is 80.8 Å². The summed E-state index contributed by atoms with van der Waals surface area (Å²) in [4.78, 5) is 0. The Labute approximate surface area is 181 Å². The third-order valence-corrected chi connectivity index (χ3v) is 5.92. The maximum atomic E-state index is 9.16. The summed E-state index contributed by atoms with van der Waals surface area (Å²) in [5.41, 5.74) is 8.68. The molecule has 7 heteroatoms. The molecule has 3 heterocycles. The number of benzene rings is 2. The van der Waals surface area contributed by atoms with Crippen molar-refractivity contribution in [2.75, 3.05) is 11.9 Å². The molecular weight excluding hydrogens is 388 g/mol. The minimum absolute atomic E-state index is 0.128. The van der Waals surface area contributed by atoms with E-state index in [1.54, 1.807) is 0 Å². The van der Waals surface area contributed by atoms with E-state index in [4.69, 9.17) is 5.11 Å². The summed E-state index contributed by atoms with van der Waals surface area (Å²) in [6.07, 6.45) is 3.54. The molecule has 0 amide bonds. The lowest BCUT2D eigenvalue weighted by Crippen LogP contribution is -2.13. The van der Waals surface area contributed by atoms with Crippen LogP contribution >= 0.6 is 0 Å². The van der Waals surface area contributed by atoms with E-state index in [9.17, 15) is 0 Å². The van der Waals surface area contributed by atoms with Gasteiger partial charge in [-0.25, -0.2) is 4.68 Å². The predicted octanol–water partition coefficient (Wildman–Crippen LogP) is 3.75. The van der Waals surface area contributed by atoms with Crippen molar-refractivity contribution in [3.63, 3.8) is 0 Å². The highest BCUT2D eigenvalue weighted by atomic mass is 16.2. The third kappa shape index (κ3) is 3.72. The van der Waals surface area contributed by atoms with Gasteiger partial charge in [0.1, 0.15) is 0 Å². The summed E-state index contributed by atoms with van der Waals surface area (Å²) in [6, 6.07) is 17.0. The molecule has 1 atom stereocenters. The van der Waals surface area contributed by atoms with Gasteiger partial charge in [0.25, 0.3) is 0 Å². The molecule has 1 aliphatic heterocycles. The fraction of sp³-hybridized carbons (Fsp3) is 0.292. The van der Waals surface area contributed by atoms with Gasteiger partial charge in [0.05, 0.1) is 23.1 Å². The van der Waals surface area contributed by atoms with Crippen LogP contribution in [0.4, 0.5) is 5.69 Å². The Kier molecular flexibility index (Phi) is 5.03. The van der Waals surface area contributed by atoms with Crippen LogP contribution in [0.2, 0.25) is 0 Å². The van der Waals surface area contributed by atoms with E-state index in [1.807, 2.05) is 35.6 Å². The zero-order chi connectivity index (χ0) is 21.4. The van der Waals surface area contributed by atoms with E-state index in [0.29, 0.717) is 6.42 Å². The molecule has 1 aliphatic rings. The van der Waals surface area contributed by atoms with Crippen molar-refractivity contribution >= 4 is 5.69 Å². The molecule has 4 aromatic rings. The lowest BCUT2D eigenvalue weighted by molar-refractivity contribution is 0.299. The summed E-state index contributed by atoms with van der Waals surface area (Å²) in [5.74, 6) is 0. The van der Waals surface area contributed by atoms with Gasteiger partial charge in [0.15, 0.2) is 0 Å². The summed E-state index contributed by atoms with van der Waals surface area (Å²) in [6.45, 7) is 2.98. The van der Waals surface area contributed by atoms with Gasteiger partial charge in [0.2, 0.25) is 0 Å². The standard InChI is InChI=1S/C24H26N6O/c1-16-24-20-8-5-18(22-9-12-29(2)27-22)15-21(20)23(10-13-30(24)28-26-16)25-19-6-3-17(4-7-19)11-14-31/h3-9,12,15,23,25,31H,10-11,13-14H2,1-2H3. The average Bonchev–Trinajstić information content (AvgIpc) is 3.33. The van der Waals surface area contributed by atoms with Crippen LogP contribution in [0.15, 0.2) is 54.7 Å². The number of aryl methyl sites for hydroxylation is 3. The zero-order valence-electron chi connectivity index (χ0n) is 17.8. The number of hydrogen-bond donors (Lipinski definition) is 2. The molecule has 1 unspecified atom stereocenters. The lowest BCUT2D eigenvalue weighted by Gasteiger charge is -2.21.